The van der Waals surface area contributed by atoms with Gasteiger partial charge in [-0.15, -0.1) is 11.3 Å². The fraction of sp³-hybridized carbons (Fsp3) is 0.549. The van der Waals surface area contributed by atoms with E-state index in [1.54, 1.807) is 25.3 Å². The lowest BCUT2D eigenvalue weighted by molar-refractivity contribution is -0.155. The molecule has 4 aliphatic heterocycles. The van der Waals surface area contributed by atoms with Crippen LogP contribution >= 0.6 is 11.3 Å². The van der Waals surface area contributed by atoms with E-state index in [9.17, 15) is 24.0 Å². The van der Waals surface area contributed by atoms with E-state index in [4.69, 9.17) is 19.4 Å². The van der Waals surface area contributed by atoms with E-state index in [0.717, 1.165) is 57.5 Å². The average molecular weight is 950 g/mol. The molecule has 6 bridgehead atoms. The third-order valence-electron chi connectivity index (χ3n) is 14.3. The molecular weight excluding hydrogens is 883 g/mol. The Kier molecular flexibility index (Phi) is 14.4. The zero-order valence-electron chi connectivity index (χ0n) is 40.7. The molecule has 3 aromatic heterocycles. The van der Waals surface area contributed by atoms with Gasteiger partial charge in [0, 0.05) is 92.3 Å². The maximum atomic E-state index is 14.7. The molecule has 0 saturated carbocycles. The minimum atomic E-state index is -1.09. The van der Waals surface area contributed by atoms with Crippen molar-refractivity contribution in [3.05, 3.63) is 70.8 Å². The first-order valence-corrected chi connectivity index (χ1v) is 25.0. The topological polar surface area (TPSA) is 172 Å². The minimum Gasteiger partial charge on any atom is -0.464 e. The molecule has 364 valence electrons. The highest BCUT2D eigenvalue weighted by molar-refractivity contribution is 7.10. The first kappa shape index (κ1) is 48.8. The third kappa shape index (κ3) is 9.66. The number of hydrogen-bond donors (Lipinski definition) is 2. The van der Waals surface area contributed by atoms with Gasteiger partial charge in [0.2, 0.25) is 11.8 Å². The molecule has 5 amide bonds. The van der Waals surface area contributed by atoms with E-state index in [1.807, 2.05) is 37.1 Å². The van der Waals surface area contributed by atoms with Crippen molar-refractivity contribution in [2.45, 2.75) is 117 Å². The predicted molar refractivity (Wildman–Crippen MR) is 261 cm³/mol. The molecule has 6 atom stereocenters. The highest BCUT2D eigenvalue weighted by atomic mass is 32.1. The summed E-state index contributed by atoms with van der Waals surface area (Å²) in [6, 6.07) is 7.20. The second kappa shape index (κ2) is 20.1. The molecule has 2 N–H and O–H groups in total. The fourth-order valence-electron chi connectivity index (χ4n) is 10.8. The second-order valence-corrected chi connectivity index (χ2v) is 20.9. The quantitative estimate of drug-likeness (QED) is 0.142. The van der Waals surface area contributed by atoms with Gasteiger partial charge in [-0.05, 0) is 93.7 Å². The van der Waals surface area contributed by atoms with Crippen LogP contribution in [-0.4, -0.2) is 135 Å². The van der Waals surface area contributed by atoms with Gasteiger partial charge in [0.15, 0.2) is 0 Å². The van der Waals surface area contributed by atoms with E-state index in [-0.39, 0.29) is 48.9 Å². The van der Waals surface area contributed by atoms with Crippen LogP contribution in [0.25, 0.3) is 33.4 Å². The van der Waals surface area contributed by atoms with E-state index in [1.165, 1.54) is 27.3 Å². The number of fused-ring (bicyclic) bond motifs is 7. The van der Waals surface area contributed by atoms with Crippen molar-refractivity contribution in [1.29, 1.82) is 0 Å². The number of aromatic nitrogens is 3. The number of methoxy groups -OCH3 is 1. The van der Waals surface area contributed by atoms with Gasteiger partial charge in [0.05, 0.1) is 40.8 Å². The van der Waals surface area contributed by atoms with Crippen LogP contribution in [0.4, 0.5) is 4.79 Å². The molecular formula is C51H67N9O7S. The van der Waals surface area contributed by atoms with Crippen molar-refractivity contribution in [3.63, 3.8) is 0 Å². The van der Waals surface area contributed by atoms with Crippen molar-refractivity contribution >= 4 is 52.0 Å². The van der Waals surface area contributed by atoms with Crippen molar-refractivity contribution in [2.75, 3.05) is 46.9 Å². The number of likely N-dealkylation sites (N-methyl/N-ethyl adjacent to an activating group) is 1. The van der Waals surface area contributed by atoms with Crippen LogP contribution in [0.3, 0.4) is 0 Å². The summed E-state index contributed by atoms with van der Waals surface area (Å²) in [5.41, 5.74) is 9.28. The number of benzene rings is 1. The first-order chi connectivity index (χ1) is 32.5. The molecule has 7 heterocycles. The number of aryl methyl sites for hydroxylation is 1. The molecule has 4 aliphatic rings. The number of nitrogens with one attached hydrogen (secondary N) is 2. The summed E-state index contributed by atoms with van der Waals surface area (Å²) in [4.78, 5) is 85.2. The van der Waals surface area contributed by atoms with Gasteiger partial charge in [-0.3, -0.25) is 29.2 Å². The maximum Gasteiger partial charge on any atom is 0.324 e. The number of rotatable bonds is 9. The van der Waals surface area contributed by atoms with E-state index in [0.29, 0.717) is 57.0 Å². The molecule has 3 saturated heterocycles. The van der Waals surface area contributed by atoms with Gasteiger partial charge in [-0.25, -0.2) is 15.2 Å². The number of hydrogen-bond acceptors (Lipinski definition) is 11. The standard InChI is InChI=1S/C51H67N9O7S/c1-10-43(61)59-21-13-15-33-26-57(27-41(33)59)50(65)56(8)45(30(3)4)47(62)54-38-24-42-53-39(28-68-42)32-18-19-40-35(23-32)36(46(58(40)11-2)34-16-12-20-52-44(34)31(5)66-9)25-51(6,7)29-67-49(64)37-17-14-22-60(55-37)48(38)63/h10,12,16,18-20,23,28,30-31,33,37-38,41,45,55H,1,11,13-15,17,21-22,24-27,29H2,2-9H3,(H,54,62)/t31-,33+,37-,38-,41?,45-/m0/s1. The normalized spacial score (nSPS) is 22.9. The van der Waals surface area contributed by atoms with Gasteiger partial charge in [0.25, 0.3) is 5.91 Å². The van der Waals surface area contributed by atoms with E-state index < -0.39 is 41.3 Å². The van der Waals surface area contributed by atoms with E-state index in [2.05, 4.69) is 66.9 Å². The van der Waals surface area contributed by atoms with Gasteiger partial charge in [-0.1, -0.05) is 40.3 Å². The summed E-state index contributed by atoms with van der Waals surface area (Å²) in [7, 11) is 3.31. The number of carbonyl (C=O) groups excluding carboxylic acids is 5. The van der Waals surface area contributed by atoms with Crippen LogP contribution in [0.2, 0.25) is 0 Å². The van der Waals surface area contributed by atoms with E-state index >= 15 is 0 Å². The highest BCUT2D eigenvalue weighted by Gasteiger charge is 2.45. The Labute approximate surface area is 403 Å². The monoisotopic (exact) mass is 949 g/mol. The number of thiazole rings is 1. The second-order valence-electron chi connectivity index (χ2n) is 20.0. The molecule has 1 aromatic carbocycles. The Balaban J connectivity index is 1.14. The number of pyridine rings is 1. The molecule has 0 aliphatic carbocycles. The van der Waals surface area contributed by atoms with Crippen LogP contribution in [0.5, 0.6) is 0 Å². The van der Waals surface area contributed by atoms with Crippen molar-refractivity contribution in [3.8, 4) is 22.5 Å². The molecule has 4 aromatic rings. The number of hydrazine groups is 1. The summed E-state index contributed by atoms with van der Waals surface area (Å²) in [5, 5.41) is 8.15. The molecule has 3 fully saturated rings. The maximum absolute atomic E-state index is 14.7. The Morgan fingerprint density at radius 3 is 2.63 bits per heavy atom. The lowest BCUT2D eigenvalue weighted by atomic mass is 9.84. The number of carbonyl (C=O) groups is 5. The lowest BCUT2D eigenvalue weighted by Gasteiger charge is -2.37. The van der Waals surface area contributed by atoms with Crippen molar-refractivity contribution in [1.82, 2.24) is 45.0 Å². The summed E-state index contributed by atoms with van der Waals surface area (Å²) in [6.07, 6.45) is 6.27. The molecule has 1 unspecified atom stereocenters. The number of piperidine rings is 1. The van der Waals surface area contributed by atoms with Crippen LogP contribution in [0.15, 0.2) is 54.6 Å². The SMILES string of the molecule is C=CC(=O)N1CCC[C@@H]2CN(C(=O)N(C)[C@H](C(=O)N[C@H]3Cc4nc(cs4)-c4ccc5c(c4)c(c(-c4cccnc4[C@H](C)OC)n5CC)CC(C)(C)COC(=O)[C@@H]4CCCN(N4)C3=O)C(C)C)CC21. The van der Waals surface area contributed by atoms with Crippen LogP contribution < -0.4 is 10.7 Å². The van der Waals surface area contributed by atoms with Crippen LogP contribution in [0.1, 0.15) is 89.6 Å². The largest absolute Gasteiger partial charge is 0.464 e. The molecule has 16 nitrogen and oxygen atoms in total. The zero-order chi connectivity index (χ0) is 48.6. The lowest BCUT2D eigenvalue weighted by Crippen LogP contribution is -2.62. The van der Waals surface area contributed by atoms with Crippen molar-refractivity contribution in [2.24, 2.45) is 17.3 Å². The van der Waals surface area contributed by atoms with Crippen LogP contribution in [0, 0.1) is 17.3 Å². The van der Waals surface area contributed by atoms with Crippen LogP contribution in [-0.2, 0) is 48.0 Å². The first-order valence-electron chi connectivity index (χ1n) is 24.1. The number of amides is 5. The average Bonchev–Trinajstić information content (AvgIpc) is 4.07. The Bertz CT molecular complexity index is 2570. The zero-order valence-corrected chi connectivity index (χ0v) is 41.6. The van der Waals surface area contributed by atoms with Crippen molar-refractivity contribution < 1.29 is 33.4 Å². The minimum absolute atomic E-state index is 0.0766. The number of cyclic esters (lactones) is 1. The summed E-state index contributed by atoms with van der Waals surface area (Å²) in [5.74, 6) is -1.67. The predicted octanol–water partition coefficient (Wildman–Crippen LogP) is 6.39. The van der Waals surface area contributed by atoms with Gasteiger partial charge in [0.1, 0.15) is 18.1 Å². The molecule has 17 heteroatoms. The Hall–Kier alpha value is -5.65. The molecule has 8 rings (SSSR count). The van der Waals surface area contributed by atoms with Gasteiger partial charge < -0.3 is 34.1 Å². The van der Waals surface area contributed by atoms with Gasteiger partial charge in [-0.2, -0.15) is 0 Å². The summed E-state index contributed by atoms with van der Waals surface area (Å²) < 4.78 is 14.3. The highest BCUT2D eigenvalue weighted by Crippen LogP contribution is 2.42. The molecule has 68 heavy (non-hydrogen) atoms. The Morgan fingerprint density at radius 1 is 1.12 bits per heavy atom. The number of ether oxygens (including phenoxy) is 2. The third-order valence-corrected chi connectivity index (χ3v) is 15.2. The molecule has 0 spiro atoms. The number of esters is 1. The Morgan fingerprint density at radius 2 is 1.90 bits per heavy atom. The number of urea groups is 1. The summed E-state index contributed by atoms with van der Waals surface area (Å²) in [6.45, 7) is 18.4. The number of likely N-dealkylation sites (tertiary alicyclic amines) is 2. The number of nitrogens with zero attached hydrogens (tertiary/aromatic N) is 7. The fourth-order valence-corrected chi connectivity index (χ4v) is 11.7. The van der Waals surface area contributed by atoms with Gasteiger partial charge >= 0.3 is 12.0 Å². The molecule has 0 radical (unpaired) electrons. The summed E-state index contributed by atoms with van der Waals surface area (Å²) >= 11 is 1.41. The smallest absolute Gasteiger partial charge is 0.324 e.